The van der Waals surface area contributed by atoms with Gasteiger partial charge in [-0.1, -0.05) is 6.07 Å². The third kappa shape index (κ3) is 5.57. The van der Waals surface area contributed by atoms with Crippen LogP contribution in [0.1, 0.15) is 16.7 Å². The highest BCUT2D eigenvalue weighted by atomic mass is 79.9. The minimum absolute atomic E-state index is 0.101. The number of hydrogen-bond acceptors (Lipinski definition) is 4. The van der Waals surface area contributed by atoms with Gasteiger partial charge in [-0.25, -0.2) is 5.43 Å². The van der Waals surface area contributed by atoms with Gasteiger partial charge < -0.3 is 9.47 Å². The first-order chi connectivity index (χ1) is 11.9. The summed E-state index contributed by atoms with van der Waals surface area (Å²) < 4.78 is 12.3. The molecule has 2 rings (SSSR count). The number of carbonyl (C=O) groups excluding carboxylic acids is 1. The molecule has 0 atom stereocenters. The van der Waals surface area contributed by atoms with Crippen LogP contribution >= 0.6 is 31.9 Å². The fraction of sp³-hybridized carbons (Fsp3) is 0.222. The molecule has 1 amide bonds. The lowest BCUT2D eigenvalue weighted by molar-refractivity contribution is -0.123. The molecule has 0 radical (unpaired) electrons. The molecule has 0 aromatic heterocycles. The Bertz CT molecular complexity index is 784. The van der Waals surface area contributed by atoms with Crippen molar-refractivity contribution in [3.8, 4) is 11.5 Å². The minimum atomic E-state index is -0.332. The number of rotatable bonds is 6. The summed E-state index contributed by atoms with van der Waals surface area (Å²) in [7, 11) is 1.59. The monoisotopic (exact) mass is 468 g/mol. The van der Waals surface area contributed by atoms with Crippen LogP contribution in [-0.2, 0) is 4.79 Å². The molecule has 25 heavy (non-hydrogen) atoms. The summed E-state index contributed by atoms with van der Waals surface area (Å²) in [5, 5.41) is 3.94. The van der Waals surface area contributed by atoms with Gasteiger partial charge in [0, 0.05) is 0 Å². The molecule has 132 valence electrons. The molecule has 0 heterocycles. The van der Waals surface area contributed by atoms with Gasteiger partial charge in [-0.15, -0.1) is 0 Å². The molecule has 1 N–H and O–H groups in total. The SMILES string of the molecule is COc1c(Br)cc(/C=N/NC(=O)COc2ccc(C)c(C)c2)cc1Br. The van der Waals surface area contributed by atoms with Crippen LogP contribution in [0.3, 0.4) is 0 Å². The largest absolute Gasteiger partial charge is 0.494 e. The summed E-state index contributed by atoms with van der Waals surface area (Å²) in [4.78, 5) is 11.8. The number of aryl methyl sites for hydroxylation is 2. The third-order valence-corrected chi connectivity index (χ3v) is 4.65. The van der Waals surface area contributed by atoms with Gasteiger partial charge in [0.25, 0.3) is 5.91 Å². The van der Waals surface area contributed by atoms with Crippen molar-refractivity contribution in [2.24, 2.45) is 5.10 Å². The number of methoxy groups -OCH3 is 1. The molecule has 0 saturated carbocycles. The van der Waals surface area contributed by atoms with E-state index < -0.39 is 0 Å². The van der Waals surface area contributed by atoms with Crippen LogP contribution in [0.2, 0.25) is 0 Å². The number of benzene rings is 2. The molecule has 7 heteroatoms. The zero-order chi connectivity index (χ0) is 18.4. The van der Waals surface area contributed by atoms with Crippen molar-refractivity contribution >= 4 is 44.0 Å². The Morgan fingerprint density at radius 1 is 1.16 bits per heavy atom. The van der Waals surface area contributed by atoms with E-state index in [-0.39, 0.29) is 12.5 Å². The lowest BCUT2D eigenvalue weighted by atomic mass is 10.1. The minimum Gasteiger partial charge on any atom is -0.494 e. The summed E-state index contributed by atoms with van der Waals surface area (Å²) in [6, 6.07) is 9.37. The molecule has 2 aromatic carbocycles. The van der Waals surface area contributed by atoms with Crippen molar-refractivity contribution < 1.29 is 14.3 Å². The Morgan fingerprint density at radius 3 is 2.44 bits per heavy atom. The van der Waals surface area contributed by atoms with Gasteiger partial charge in [-0.05, 0) is 86.7 Å². The summed E-state index contributed by atoms with van der Waals surface area (Å²) in [6.45, 7) is 3.92. The highest BCUT2D eigenvalue weighted by Crippen LogP contribution is 2.33. The maximum absolute atomic E-state index is 11.8. The Kier molecular flexibility index (Phi) is 7.01. The van der Waals surface area contributed by atoms with Crippen LogP contribution in [-0.4, -0.2) is 25.8 Å². The van der Waals surface area contributed by atoms with Crippen molar-refractivity contribution in [2.75, 3.05) is 13.7 Å². The molecule has 0 spiro atoms. The first-order valence-electron chi connectivity index (χ1n) is 7.45. The second-order valence-corrected chi connectivity index (χ2v) is 7.05. The van der Waals surface area contributed by atoms with Crippen molar-refractivity contribution in [3.05, 3.63) is 56.0 Å². The van der Waals surface area contributed by atoms with Gasteiger partial charge in [0.05, 0.1) is 22.3 Å². The first-order valence-corrected chi connectivity index (χ1v) is 9.04. The van der Waals surface area contributed by atoms with Crippen LogP contribution < -0.4 is 14.9 Å². The second-order valence-electron chi connectivity index (χ2n) is 5.35. The zero-order valence-corrected chi connectivity index (χ0v) is 17.3. The molecule has 0 fully saturated rings. The van der Waals surface area contributed by atoms with E-state index in [9.17, 15) is 4.79 Å². The lowest BCUT2D eigenvalue weighted by Gasteiger charge is -2.08. The predicted octanol–water partition coefficient (Wildman–Crippen LogP) is 4.37. The predicted molar refractivity (Wildman–Crippen MR) is 106 cm³/mol. The van der Waals surface area contributed by atoms with Gasteiger partial charge in [0.1, 0.15) is 11.5 Å². The lowest BCUT2D eigenvalue weighted by Crippen LogP contribution is -2.24. The van der Waals surface area contributed by atoms with Crippen molar-refractivity contribution in [1.29, 1.82) is 0 Å². The number of amides is 1. The van der Waals surface area contributed by atoms with E-state index in [1.807, 2.05) is 44.2 Å². The zero-order valence-electron chi connectivity index (χ0n) is 14.1. The van der Waals surface area contributed by atoms with Crippen molar-refractivity contribution in [3.63, 3.8) is 0 Å². The number of hydrazone groups is 1. The molecule has 5 nitrogen and oxygen atoms in total. The standard InChI is InChI=1S/C18H18Br2N2O3/c1-11-4-5-14(6-12(11)2)25-10-17(23)22-21-9-13-7-15(19)18(24-3)16(20)8-13/h4-9H,10H2,1-3H3,(H,22,23)/b21-9+. The van der Waals surface area contributed by atoms with Crippen LogP contribution in [0.5, 0.6) is 11.5 Å². The second kappa shape index (κ2) is 9.01. The average Bonchev–Trinajstić information content (AvgIpc) is 2.56. The smallest absolute Gasteiger partial charge is 0.277 e. The van der Waals surface area contributed by atoms with E-state index in [4.69, 9.17) is 9.47 Å². The highest BCUT2D eigenvalue weighted by molar-refractivity contribution is 9.11. The summed E-state index contributed by atoms with van der Waals surface area (Å²) in [5.41, 5.74) is 5.54. The van der Waals surface area contributed by atoms with E-state index in [1.165, 1.54) is 5.56 Å². The number of ether oxygens (including phenoxy) is 2. The Labute approximate surface area is 163 Å². The molecular weight excluding hydrogens is 452 g/mol. The number of nitrogens with zero attached hydrogens (tertiary/aromatic N) is 1. The van der Waals surface area contributed by atoms with E-state index in [0.717, 1.165) is 20.1 Å². The van der Waals surface area contributed by atoms with E-state index in [0.29, 0.717) is 11.5 Å². The Hall–Kier alpha value is -1.86. The molecule has 0 aliphatic carbocycles. The van der Waals surface area contributed by atoms with Crippen molar-refractivity contribution in [1.82, 2.24) is 5.43 Å². The van der Waals surface area contributed by atoms with Crippen LogP contribution in [0.4, 0.5) is 0 Å². The van der Waals surface area contributed by atoms with E-state index in [1.54, 1.807) is 13.3 Å². The van der Waals surface area contributed by atoms with Gasteiger partial charge in [0.2, 0.25) is 0 Å². The van der Waals surface area contributed by atoms with Gasteiger partial charge in [-0.3, -0.25) is 4.79 Å². The van der Waals surface area contributed by atoms with Gasteiger partial charge >= 0.3 is 0 Å². The summed E-state index contributed by atoms with van der Waals surface area (Å²) >= 11 is 6.83. The number of carbonyl (C=O) groups is 1. The number of halogens is 2. The van der Waals surface area contributed by atoms with Gasteiger partial charge in [0.15, 0.2) is 6.61 Å². The van der Waals surface area contributed by atoms with Crippen LogP contribution in [0.15, 0.2) is 44.4 Å². The molecule has 2 aromatic rings. The number of nitrogens with one attached hydrogen (secondary N) is 1. The summed E-state index contributed by atoms with van der Waals surface area (Å²) in [6.07, 6.45) is 1.54. The van der Waals surface area contributed by atoms with E-state index in [2.05, 4.69) is 42.4 Å². The molecule has 0 unspecified atom stereocenters. The Balaban J connectivity index is 1.89. The van der Waals surface area contributed by atoms with Crippen molar-refractivity contribution in [2.45, 2.75) is 13.8 Å². The molecule has 0 aliphatic heterocycles. The average molecular weight is 470 g/mol. The topological polar surface area (TPSA) is 59.9 Å². The molecular formula is C18H18Br2N2O3. The fourth-order valence-corrected chi connectivity index (χ4v) is 3.56. The quantitative estimate of drug-likeness (QED) is 0.504. The maximum atomic E-state index is 11.8. The summed E-state index contributed by atoms with van der Waals surface area (Å²) in [5.74, 6) is 1.02. The molecule has 0 bridgehead atoms. The third-order valence-electron chi connectivity index (χ3n) is 3.48. The van der Waals surface area contributed by atoms with E-state index >= 15 is 0 Å². The highest BCUT2D eigenvalue weighted by Gasteiger charge is 2.07. The normalized spacial score (nSPS) is 10.8. The first kappa shape index (κ1) is 19.5. The maximum Gasteiger partial charge on any atom is 0.277 e. The Morgan fingerprint density at radius 2 is 1.84 bits per heavy atom. The molecule has 0 aliphatic rings. The van der Waals surface area contributed by atoms with Crippen LogP contribution in [0.25, 0.3) is 0 Å². The molecule has 0 saturated heterocycles. The fourth-order valence-electron chi connectivity index (χ4n) is 2.01. The van der Waals surface area contributed by atoms with Gasteiger partial charge in [-0.2, -0.15) is 5.10 Å². The number of hydrogen-bond donors (Lipinski definition) is 1. The van der Waals surface area contributed by atoms with Crippen LogP contribution in [0, 0.1) is 13.8 Å².